The van der Waals surface area contributed by atoms with Crippen LogP contribution in [0.5, 0.6) is 0 Å². The Kier molecular flexibility index (Phi) is 5.30. The Morgan fingerprint density at radius 3 is 2.80 bits per heavy atom. The maximum absolute atomic E-state index is 12.6. The number of ketones is 1. The highest BCUT2D eigenvalue weighted by molar-refractivity contribution is 6.15. The van der Waals surface area contributed by atoms with Crippen LogP contribution in [0.1, 0.15) is 22.5 Å². The van der Waals surface area contributed by atoms with Crippen molar-refractivity contribution in [2.75, 3.05) is 20.3 Å². The molecule has 0 atom stereocenters. The van der Waals surface area contributed by atoms with Gasteiger partial charge in [-0.05, 0) is 24.6 Å². The molecule has 0 saturated heterocycles. The first-order chi connectivity index (χ1) is 12.2. The smallest absolute Gasteiger partial charge is 0.239 e. The quantitative estimate of drug-likeness (QED) is 0.505. The number of hydrogen-bond donors (Lipinski definition) is 1. The predicted octanol–water partition coefficient (Wildman–Crippen LogP) is 2.62. The zero-order valence-electron chi connectivity index (χ0n) is 14.0. The molecule has 3 aromatic rings. The summed E-state index contributed by atoms with van der Waals surface area (Å²) in [6, 6.07) is 10.8. The Morgan fingerprint density at radius 2 is 2.04 bits per heavy atom. The first-order valence-corrected chi connectivity index (χ1v) is 8.12. The number of aromatic nitrogens is 1. The van der Waals surface area contributed by atoms with Crippen LogP contribution in [0, 0.1) is 0 Å². The van der Waals surface area contributed by atoms with Crippen molar-refractivity contribution in [2.24, 2.45) is 0 Å². The van der Waals surface area contributed by atoms with E-state index in [1.165, 1.54) is 6.26 Å². The van der Waals surface area contributed by atoms with E-state index in [2.05, 4.69) is 5.32 Å². The number of ether oxygens (including phenoxy) is 1. The van der Waals surface area contributed by atoms with Crippen LogP contribution in [-0.2, 0) is 16.1 Å². The van der Waals surface area contributed by atoms with E-state index in [1.54, 1.807) is 30.0 Å². The molecule has 6 nitrogen and oxygen atoms in total. The van der Waals surface area contributed by atoms with Gasteiger partial charge >= 0.3 is 0 Å². The highest BCUT2D eigenvalue weighted by Crippen LogP contribution is 2.24. The third kappa shape index (κ3) is 3.80. The molecule has 0 saturated carbocycles. The molecule has 130 valence electrons. The number of furan rings is 1. The van der Waals surface area contributed by atoms with E-state index in [9.17, 15) is 9.59 Å². The topological polar surface area (TPSA) is 73.5 Å². The average molecular weight is 340 g/mol. The van der Waals surface area contributed by atoms with Crippen LogP contribution in [0.3, 0.4) is 0 Å². The van der Waals surface area contributed by atoms with Gasteiger partial charge in [0.05, 0.1) is 11.8 Å². The van der Waals surface area contributed by atoms with E-state index in [1.807, 2.05) is 24.3 Å². The highest BCUT2D eigenvalue weighted by Gasteiger charge is 2.19. The summed E-state index contributed by atoms with van der Waals surface area (Å²) in [5.41, 5.74) is 1.36. The van der Waals surface area contributed by atoms with Crippen LogP contribution >= 0.6 is 0 Å². The first-order valence-electron chi connectivity index (χ1n) is 8.12. The van der Waals surface area contributed by atoms with Gasteiger partial charge in [0, 0.05) is 37.4 Å². The van der Waals surface area contributed by atoms with Crippen molar-refractivity contribution in [3.8, 4) is 0 Å². The lowest BCUT2D eigenvalue weighted by molar-refractivity contribution is -0.121. The van der Waals surface area contributed by atoms with Gasteiger partial charge in [-0.15, -0.1) is 0 Å². The summed E-state index contributed by atoms with van der Waals surface area (Å²) < 4.78 is 12.0. The fourth-order valence-corrected chi connectivity index (χ4v) is 2.75. The van der Waals surface area contributed by atoms with Gasteiger partial charge in [-0.25, -0.2) is 0 Å². The molecule has 0 bridgehead atoms. The SMILES string of the molecule is COCCCNC(=O)Cn1cc(C(=O)c2ccco2)c2ccccc21. The number of benzene rings is 1. The Hall–Kier alpha value is -2.86. The summed E-state index contributed by atoms with van der Waals surface area (Å²) in [4.78, 5) is 24.8. The number of rotatable bonds is 8. The minimum Gasteiger partial charge on any atom is -0.461 e. The molecule has 0 radical (unpaired) electrons. The van der Waals surface area contributed by atoms with Gasteiger partial charge in [0.25, 0.3) is 0 Å². The van der Waals surface area contributed by atoms with Crippen molar-refractivity contribution in [1.29, 1.82) is 0 Å². The van der Waals surface area contributed by atoms with Crippen molar-refractivity contribution >= 4 is 22.6 Å². The van der Waals surface area contributed by atoms with Gasteiger partial charge in [-0.2, -0.15) is 0 Å². The van der Waals surface area contributed by atoms with Gasteiger partial charge < -0.3 is 19.0 Å². The Bertz CT molecular complexity index is 865. The molecule has 25 heavy (non-hydrogen) atoms. The summed E-state index contributed by atoms with van der Waals surface area (Å²) in [5, 5.41) is 3.66. The normalized spacial score (nSPS) is 10.9. The first kappa shape index (κ1) is 17.0. The van der Waals surface area contributed by atoms with Gasteiger partial charge in [0.2, 0.25) is 11.7 Å². The molecule has 2 heterocycles. The maximum Gasteiger partial charge on any atom is 0.239 e. The Balaban J connectivity index is 1.82. The van der Waals surface area contributed by atoms with Gasteiger partial charge in [-0.1, -0.05) is 18.2 Å². The molecule has 0 spiro atoms. The van der Waals surface area contributed by atoms with Crippen molar-refractivity contribution in [3.05, 3.63) is 60.2 Å². The predicted molar refractivity (Wildman–Crippen MR) is 93.6 cm³/mol. The zero-order valence-corrected chi connectivity index (χ0v) is 14.0. The molecule has 3 rings (SSSR count). The number of fused-ring (bicyclic) bond motifs is 1. The monoisotopic (exact) mass is 340 g/mol. The van der Waals surface area contributed by atoms with Gasteiger partial charge in [0.1, 0.15) is 6.54 Å². The van der Waals surface area contributed by atoms with E-state index < -0.39 is 0 Å². The molecular formula is C19H20N2O4. The van der Waals surface area contributed by atoms with Crippen molar-refractivity contribution < 1.29 is 18.7 Å². The molecule has 0 fully saturated rings. The number of hydrogen-bond acceptors (Lipinski definition) is 4. The van der Waals surface area contributed by atoms with Crippen LogP contribution < -0.4 is 5.32 Å². The number of carbonyl (C=O) groups is 2. The lowest BCUT2D eigenvalue weighted by Crippen LogP contribution is -2.28. The number of nitrogens with one attached hydrogen (secondary N) is 1. The van der Waals surface area contributed by atoms with E-state index in [4.69, 9.17) is 9.15 Å². The van der Waals surface area contributed by atoms with Gasteiger partial charge in [-0.3, -0.25) is 9.59 Å². The van der Waals surface area contributed by atoms with E-state index in [0.717, 1.165) is 17.3 Å². The Labute approximate surface area is 145 Å². The molecule has 2 aromatic heterocycles. The van der Waals surface area contributed by atoms with Crippen LogP contribution in [-0.4, -0.2) is 36.5 Å². The van der Waals surface area contributed by atoms with Crippen LogP contribution in [0.15, 0.2) is 53.3 Å². The largest absolute Gasteiger partial charge is 0.461 e. The van der Waals surface area contributed by atoms with E-state index in [0.29, 0.717) is 18.7 Å². The van der Waals surface area contributed by atoms with Crippen LogP contribution in [0.25, 0.3) is 10.9 Å². The van der Waals surface area contributed by atoms with Crippen molar-refractivity contribution in [1.82, 2.24) is 9.88 Å². The number of para-hydroxylation sites is 1. The van der Waals surface area contributed by atoms with Crippen LogP contribution in [0.4, 0.5) is 0 Å². The number of carbonyl (C=O) groups excluding carboxylic acids is 2. The lowest BCUT2D eigenvalue weighted by Gasteiger charge is -2.07. The minimum absolute atomic E-state index is 0.103. The second-order valence-electron chi connectivity index (χ2n) is 5.69. The summed E-state index contributed by atoms with van der Waals surface area (Å²) in [5.74, 6) is -0.0128. The number of methoxy groups -OCH3 is 1. The summed E-state index contributed by atoms with van der Waals surface area (Å²) >= 11 is 0. The summed E-state index contributed by atoms with van der Waals surface area (Å²) in [6.07, 6.45) is 3.95. The molecule has 0 aliphatic rings. The van der Waals surface area contributed by atoms with Crippen LogP contribution in [0.2, 0.25) is 0 Å². The lowest BCUT2D eigenvalue weighted by atomic mass is 10.1. The number of amides is 1. The fourth-order valence-electron chi connectivity index (χ4n) is 2.75. The molecule has 0 aliphatic carbocycles. The Morgan fingerprint density at radius 1 is 1.20 bits per heavy atom. The number of nitrogens with zero attached hydrogens (tertiary/aromatic N) is 1. The maximum atomic E-state index is 12.6. The molecule has 0 unspecified atom stereocenters. The average Bonchev–Trinajstić information content (AvgIpc) is 3.27. The summed E-state index contributed by atoms with van der Waals surface area (Å²) in [7, 11) is 1.63. The second-order valence-corrected chi connectivity index (χ2v) is 5.69. The zero-order chi connectivity index (χ0) is 17.6. The van der Waals surface area contributed by atoms with Gasteiger partial charge in [0.15, 0.2) is 5.76 Å². The second kappa shape index (κ2) is 7.81. The van der Waals surface area contributed by atoms with Crippen molar-refractivity contribution in [3.63, 3.8) is 0 Å². The molecule has 1 amide bonds. The third-order valence-corrected chi connectivity index (χ3v) is 3.94. The molecule has 1 N–H and O–H groups in total. The van der Waals surface area contributed by atoms with Crippen molar-refractivity contribution in [2.45, 2.75) is 13.0 Å². The third-order valence-electron chi connectivity index (χ3n) is 3.94. The minimum atomic E-state index is -0.194. The highest BCUT2D eigenvalue weighted by atomic mass is 16.5. The van der Waals surface area contributed by atoms with E-state index in [-0.39, 0.29) is 24.0 Å². The van der Waals surface area contributed by atoms with E-state index >= 15 is 0 Å². The molecule has 1 aromatic carbocycles. The standard InChI is InChI=1S/C19H20N2O4/c1-24-10-5-9-20-18(22)13-21-12-15(14-6-2-3-7-16(14)21)19(23)17-8-4-11-25-17/h2-4,6-8,11-12H,5,9-10,13H2,1H3,(H,20,22). The molecule has 6 heteroatoms. The molecular weight excluding hydrogens is 320 g/mol. The molecule has 0 aliphatic heterocycles. The summed E-state index contributed by atoms with van der Waals surface area (Å²) in [6.45, 7) is 1.32. The fraction of sp³-hybridized carbons (Fsp3) is 0.263.